The molecule has 0 saturated carbocycles. The number of carbonyl (C=O) groups excluding carboxylic acids is 2. The molecule has 9 heteroatoms. The van der Waals surface area contributed by atoms with E-state index < -0.39 is 11.9 Å². The number of carbonyl (C=O) groups is 2. The predicted molar refractivity (Wildman–Crippen MR) is 122 cm³/mol. The molecular weight excluding hydrogens is 435 g/mol. The van der Waals surface area contributed by atoms with Gasteiger partial charge in [0, 0.05) is 30.0 Å². The average molecular weight is 463 g/mol. The van der Waals surface area contributed by atoms with Gasteiger partial charge in [0.25, 0.3) is 5.91 Å². The van der Waals surface area contributed by atoms with Gasteiger partial charge in [-0.2, -0.15) is 0 Å². The topological polar surface area (TPSA) is 94.0 Å². The quantitative estimate of drug-likeness (QED) is 0.393. The molecule has 0 spiro atoms. The summed E-state index contributed by atoms with van der Waals surface area (Å²) in [6.45, 7) is 2.10. The van der Waals surface area contributed by atoms with E-state index in [1.807, 2.05) is 38.4 Å². The Morgan fingerprint density at radius 1 is 1.03 bits per heavy atom. The maximum Gasteiger partial charge on any atom is 1.00 e. The molecule has 8 nitrogen and oxygen atoms in total. The van der Waals surface area contributed by atoms with Crippen molar-refractivity contribution in [1.82, 2.24) is 5.32 Å². The van der Waals surface area contributed by atoms with E-state index >= 15 is 0 Å². The second-order valence-corrected chi connectivity index (χ2v) is 7.15. The summed E-state index contributed by atoms with van der Waals surface area (Å²) in [6.07, 6.45) is 3.86. The van der Waals surface area contributed by atoms with E-state index in [0.29, 0.717) is 22.7 Å². The van der Waals surface area contributed by atoms with Crippen molar-refractivity contribution in [2.75, 3.05) is 44.4 Å². The zero-order valence-corrected chi connectivity index (χ0v) is 22.1. The van der Waals surface area contributed by atoms with E-state index in [0.717, 1.165) is 18.8 Å². The Morgan fingerprint density at radius 3 is 2.31 bits per heavy atom. The molecule has 1 saturated heterocycles. The van der Waals surface area contributed by atoms with Crippen LogP contribution in [0.5, 0.6) is 5.75 Å². The molecule has 1 amide bonds. The second kappa shape index (κ2) is 13.0. The van der Waals surface area contributed by atoms with Gasteiger partial charge in [-0.1, -0.05) is 12.1 Å². The number of hydrogen-bond acceptors (Lipinski definition) is 6. The molecule has 2 heterocycles. The van der Waals surface area contributed by atoms with Crippen LogP contribution in [0.2, 0.25) is 0 Å². The minimum atomic E-state index is -0.850. The molecule has 4 rings (SSSR count). The number of benzene rings is 2. The van der Waals surface area contributed by atoms with Gasteiger partial charge in [0.15, 0.2) is 5.75 Å². The number of nitrogens with zero attached hydrogens (tertiary/aromatic N) is 2. The molecule has 0 radical (unpaired) electrons. The maximum atomic E-state index is 12.6. The predicted octanol–water partition coefficient (Wildman–Crippen LogP) is 0.634. The summed E-state index contributed by atoms with van der Waals surface area (Å²) in [5.74, 6) is -1.08. The Hall–Kier alpha value is -1.88. The molecule has 0 bridgehead atoms. The van der Waals surface area contributed by atoms with E-state index in [4.69, 9.17) is 9.78 Å². The maximum absolute atomic E-state index is 12.6. The van der Waals surface area contributed by atoms with E-state index in [1.54, 1.807) is 25.2 Å². The van der Waals surface area contributed by atoms with E-state index in [1.165, 1.54) is 18.9 Å². The fourth-order valence-corrected chi connectivity index (χ4v) is 3.28. The molecule has 164 valence electrons. The summed E-state index contributed by atoms with van der Waals surface area (Å²) >= 11 is 0. The second-order valence-electron chi connectivity index (χ2n) is 7.15. The van der Waals surface area contributed by atoms with Crippen molar-refractivity contribution in [2.24, 2.45) is 0 Å². The van der Waals surface area contributed by atoms with E-state index in [9.17, 15) is 9.59 Å². The molecule has 1 fully saturated rings. The van der Waals surface area contributed by atoms with Crippen LogP contribution < -0.4 is 71.8 Å². The van der Waals surface area contributed by atoms with Crippen LogP contribution in [0.1, 0.15) is 18.4 Å². The monoisotopic (exact) mass is 462 g/mol. The van der Waals surface area contributed by atoms with Gasteiger partial charge in [0.05, 0.1) is 0 Å². The normalized spacial score (nSPS) is 14.3. The molecule has 2 aromatic rings. The van der Waals surface area contributed by atoms with Gasteiger partial charge >= 0.3 is 57.4 Å². The van der Waals surface area contributed by atoms with Crippen LogP contribution in [-0.4, -0.2) is 46.1 Å². The van der Waals surface area contributed by atoms with Gasteiger partial charge in [-0.05, 0) is 63.3 Å². The molecule has 2 N–H and O–H groups in total. The van der Waals surface area contributed by atoms with Crippen LogP contribution in [0.4, 0.5) is 17.1 Å². The average Bonchev–Trinajstić information content (AvgIpc) is 3.26. The smallest absolute Gasteiger partial charge is 0.687 e. The standard InChI is InChI=1S/C21H21N3O4.C2H7N.K/c1-22-16-5-4-14-12-18(21(26)28-27-19(14)13-16)20(25)23-15-6-8-17(9-7-15)24-10-2-3-11-24;1-3-2;/h4-9,12-13H,2-3,10-11H2,1H3,(H2,22,23,25,26);3H,1-2H3;/q;;+1/p-1. The fraction of sp³-hybridized carbons (Fsp3) is 0.304. The van der Waals surface area contributed by atoms with Crippen LogP contribution in [0, 0.1) is 0 Å². The van der Waals surface area contributed by atoms with Gasteiger partial charge in [-0.15, -0.1) is 12.7 Å². The Balaban J connectivity index is 0.000000860. The van der Waals surface area contributed by atoms with E-state index in [-0.39, 0.29) is 57.0 Å². The molecule has 2 aromatic carbocycles. The molecule has 32 heavy (non-hydrogen) atoms. The van der Waals surface area contributed by atoms with Crippen molar-refractivity contribution in [2.45, 2.75) is 12.8 Å². The SMILES string of the molecule is CNC.C[N-]c1ccc2c(c1)OOC(=O)C(C(=O)Nc1ccc(N3CCCC3)cc1)=C2.[K+]. The number of anilines is 2. The van der Waals surface area contributed by atoms with Gasteiger partial charge in [0.1, 0.15) is 5.57 Å². The number of rotatable bonds is 4. The van der Waals surface area contributed by atoms with Crippen molar-refractivity contribution >= 4 is 35.0 Å². The summed E-state index contributed by atoms with van der Waals surface area (Å²) in [6, 6.07) is 12.7. The molecular formula is C23H27KN4O4. The van der Waals surface area contributed by atoms with Crippen molar-refractivity contribution in [3.8, 4) is 5.75 Å². The molecule has 0 aliphatic carbocycles. The molecule has 2 aliphatic rings. The van der Waals surface area contributed by atoms with Crippen molar-refractivity contribution in [3.63, 3.8) is 0 Å². The third-order valence-electron chi connectivity index (χ3n) is 4.82. The Kier molecular flexibility index (Phi) is 10.7. The van der Waals surface area contributed by atoms with Crippen LogP contribution in [0.15, 0.2) is 48.0 Å². The summed E-state index contributed by atoms with van der Waals surface area (Å²) in [5, 5.41) is 9.54. The largest absolute Gasteiger partial charge is 1.00 e. The van der Waals surface area contributed by atoms with Gasteiger partial charge in [0.2, 0.25) is 0 Å². The number of fused-ring (bicyclic) bond motifs is 1. The Labute approximate surface area is 231 Å². The minimum Gasteiger partial charge on any atom is -0.687 e. The first-order chi connectivity index (χ1) is 15.0. The summed E-state index contributed by atoms with van der Waals surface area (Å²) in [4.78, 5) is 37.0. The first-order valence-electron chi connectivity index (χ1n) is 10.1. The van der Waals surface area contributed by atoms with Crippen LogP contribution in [0.25, 0.3) is 11.4 Å². The molecule has 0 unspecified atom stereocenters. The van der Waals surface area contributed by atoms with Gasteiger partial charge < -0.3 is 20.9 Å². The fourth-order valence-electron chi connectivity index (χ4n) is 3.28. The Morgan fingerprint density at radius 2 is 1.69 bits per heavy atom. The third-order valence-corrected chi connectivity index (χ3v) is 4.82. The van der Waals surface area contributed by atoms with Crippen LogP contribution >= 0.6 is 0 Å². The summed E-state index contributed by atoms with van der Waals surface area (Å²) in [7, 11) is 5.40. The number of amides is 1. The van der Waals surface area contributed by atoms with Crippen LogP contribution in [-0.2, 0) is 14.5 Å². The third kappa shape index (κ3) is 6.81. The zero-order valence-electron chi connectivity index (χ0n) is 19.0. The molecule has 0 atom stereocenters. The number of nitrogens with one attached hydrogen (secondary N) is 2. The van der Waals surface area contributed by atoms with Crippen molar-refractivity contribution < 1.29 is 70.7 Å². The van der Waals surface area contributed by atoms with Crippen molar-refractivity contribution in [3.05, 3.63) is 58.9 Å². The van der Waals surface area contributed by atoms with Crippen molar-refractivity contribution in [1.29, 1.82) is 0 Å². The van der Waals surface area contributed by atoms with Crippen LogP contribution in [0.3, 0.4) is 0 Å². The number of hydrogen-bond donors (Lipinski definition) is 2. The summed E-state index contributed by atoms with van der Waals surface area (Å²) < 4.78 is 0. The minimum absolute atomic E-state index is 0. The molecule has 0 aromatic heterocycles. The first kappa shape index (κ1) is 26.4. The zero-order chi connectivity index (χ0) is 22.2. The first-order valence-corrected chi connectivity index (χ1v) is 10.1. The van der Waals surface area contributed by atoms with Gasteiger partial charge in [-0.3, -0.25) is 9.68 Å². The molecule has 2 aliphatic heterocycles. The van der Waals surface area contributed by atoms with E-state index in [2.05, 4.69) is 20.9 Å². The summed E-state index contributed by atoms with van der Waals surface area (Å²) in [5.41, 5.74) is 2.83. The Bertz CT molecular complexity index is 957. The van der Waals surface area contributed by atoms with Gasteiger partial charge in [-0.25, -0.2) is 9.68 Å².